The molecule has 0 heterocycles. The average Bonchev–Trinajstić information content (AvgIpc) is 2.87. The van der Waals surface area contributed by atoms with Crippen LogP contribution in [-0.2, 0) is 28.3 Å². The molecule has 0 aliphatic rings. The Morgan fingerprint density at radius 3 is 2.11 bits per heavy atom. The number of thioether (sulfide) groups is 1. The van der Waals surface area contributed by atoms with Crippen LogP contribution in [0.5, 0.6) is 0 Å². The third-order valence-corrected chi connectivity index (χ3v) is 6.58. The van der Waals surface area contributed by atoms with E-state index in [-0.39, 0.29) is 35.8 Å². The fraction of sp³-hybridized carbons (Fsp3) is 0.310. The van der Waals surface area contributed by atoms with Crippen LogP contribution in [0.2, 0.25) is 0 Å². The van der Waals surface area contributed by atoms with Crippen molar-refractivity contribution in [3.63, 3.8) is 0 Å². The van der Waals surface area contributed by atoms with E-state index < -0.39 is 6.04 Å². The maximum atomic E-state index is 14.6. The summed E-state index contributed by atoms with van der Waals surface area (Å²) in [6.07, 6.45) is 0.355. The van der Waals surface area contributed by atoms with E-state index >= 15 is 0 Å². The first kappa shape index (κ1) is 26.5. The van der Waals surface area contributed by atoms with Gasteiger partial charge >= 0.3 is 0 Å². The second-order valence-corrected chi connectivity index (χ2v) is 9.92. The molecule has 4 nitrogen and oxygen atoms in total. The van der Waals surface area contributed by atoms with Gasteiger partial charge in [0.25, 0.3) is 0 Å². The molecule has 1 unspecified atom stereocenters. The average molecular weight is 493 g/mol. The van der Waals surface area contributed by atoms with Crippen molar-refractivity contribution in [2.75, 3.05) is 12.3 Å². The Morgan fingerprint density at radius 2 is 1.49 bits per heavy atom. The Bertz CT molecular complexity index is 1080. The smallest absolute Gasteiger partial charge is 0.243 e. The molecule has 0 fully saturated rings. The van der Waals surface area contributed by atoms with E-state index in [0.717, 1.165) is 11.1 Å². The number of benzene rings is 3. The molecular weight excluding hydrogens is 459 g/mol. The largest absolute Gasteiger partial charge is 0.354 e. The molecule has 0 spiro atoms. The fourth-order valence-corrected chi connectivity index (χ4v) is 4.57. The van der Waals surface area contributed by atoms with Crippen LogP contribution in [0.4, 0.5) is 4.39 Å². The van der Waals surface area contributed by atoms with Crippen LogP contribution < -0.4 is 5.32 Å². The molecule has 3 aromatic carbocycles. The molecule has 35 heavy (non-hydrogen) atoms. The molecule has 3 aromatic rings. The predicted octanol–water partition coefficient (Wildman–Crippen LogP) is 5.47. The van der Waals surface area contributed by atoms with Crippen LogP contribution in [0.25, 0.3) is 0 Å². The summed E-state index contributed by atoms with van der Waals surface area (Å²) in [6.45, 7) is 4.59. The maximum Gasteiger partial charge on any atom is 0.243 e. The van der Waals surface area contributed by atoms with E-state index in [9.17, 15) is 14.0 Å². The SMILES string of the molecule is CC(C)CNC(=O)C(Cc1ccccc1)N(Cc1ccccc1F)C(=O)CSCc1ccccc1. The molecule has 1 N–H and O–H groups in total. The molecule has 6 heteroatoms. The standard InChI is InChI=1S/C29H33FN2O2S/c1-22(2)18-31-29(34)27(17-23-11-5-3-6-12-23)32(19-25-15-9-10-16-26(25)30)28(33)21-35-20-24-13-7-4-8-14-24/h3-16,22,27H,17-21H2,1-2H3,(H,31,34). The van der Waals surface area contributed by atoms with Crippen molar-refractivity contribution in [2.24, 2.45) is 5.92 Å². The van der Waals surface area contributed by atoms with Gasteiger partial charge in [-0.25, -0.2) is 4.39 Å². The molecule has 184 valence electrons. The fourth-order valence-electron chi connectivity index (χ4n) is 3.70. The molecule has 0 radical (unpaired) electrons. The van der Waals surface area contributed by atoms with Gasteiger partial charge in [-0.3, -0.25) is 9.59 Å². The normalized spacial score (nSPS) is 11.8. The van der Waals surface area contributed by atoms with E-state index in [1.807, 2.05) is 74.5 Å². The Balaban J connectivity index is 1.85. The predicted molar refractivity (Wildman–Crippen MR) is 141 cm³/mol. The van der Waals surface area contributed by atoms with Crippen molar-refractivity contribution in [1.29, 1.82) is 0 Å². The third kappa shape index (κ3) is 8.55. The van der Waals surface area contributed by atoms with Gasteiger partial charge in [-0.15, -0.1) is 11.8 Å². The van der Waals surface area contributed by atoms with Gasteiger partial charge in [0, 0.05) is 30.8 Å². The highest BCUT2D eigenvalue weighted by molar-refractivity contribution is 7.99. The molecule has 0 saturated carbocycles. The highest BCUT2D eigenvalue weighted by atomic mass is 32.2. The maximum absolute atomic E-state index is 14.6. The number of amides is 2. The van der Waals surface area contributed by atoms with Gasteiger partial charge in [-0.05, 0) is 23.1 Å². The highest BCUT2D eigenvalue weighted by Crippen LogP contribution is 2.19. The Hall–Kier alpha value is -3.12. The van der Waals surface area contributed by atoms with Crippen LogP contribution in [0, 0.1) is 11.7 Å². The van der Waals surface area contributed by atoms with Crippen molar-refractivity contribution in [3.05, 3.63) is 107 Å². The summed E-state index contributed by atoms with van der Waals surface area (Å²) in [7, 11) is 0. The van der Waals surface area contributed by atoms with Crippen molar-refractivity contribution in [3.8, 4) is 0 Å². The number of rotatable bonds is 12. The van der Waals surface area contributed by atoms with E-state index in [2.05, 4.69) is 5.32 Å². The number of nitrogens with one attached hydrogen (secondary N) is 1. The highest BCUT2D eigenvalue weighted by Gasteiger charge is 2.30. The first-order chi connectivity index (χ1) is 16.9. The van der Waals surface area contributed by atoms with E-state index in [0.29, 0.717) is 24.3 Å². The van der Waals surface area contributed by atoms with Crippen molar-refractivity contribution < 1.29 is 14.0 Å². The van der Waals surface area contributed by atoms with Gasteiger partial charge in [0.15, 0.2) is 0 Å². The molecular formula is C29H33FN2O2S. The zero-order valence-electron chi connectivity index (χ0n) is 20.3. The monoisotopic (exact) mass is 492 g/mol. The van der Waals surface area contributed by atoms with Crippen LogP contribution in [0.1, 0.15) is 30.5 Å². The summed E-state index contributed by atoms with van der Waals surface area (Å²) >= 11 is 1.49. The quantitative estimate of drug-likeness (QED) is 0.365. The zero-order valence-corrected chi connectivity index (χ0v) is 21.1. The number of nitrogens with zero attached hydrogens (tertiary/aromatic N) is 1. The molecule has 0 aliphatic heterocycles. The topological polar surface area (TPSA) is 49.4 Å². The molecule has 0 aliphatic carbocycles. The lowest BCUT2D eigenvalue weighted by atomic mass is 10.0. The van der Waals surface area contributed by atoms with Gasteiger partial charge in [-0.1, -0.05) is 92.7 Å². The van der Waals surface area contributed by atoms with Crippen LogP contribution >= 0.6 is 11.8 Å². The second kappa shape index (κ2) is 13.7. The van der Waals surface area contributed by atoms with Gasteiger partial charge in [-0.2, -0.15) is 0 Å². The van der Waals surface area contributed by atoms with Gasteiger partial charge in [0.05, 0.1) is 5.75 Å². The summed E-state index contributed by atoms with van der Waals surface area (Å²) in [5.74, 6) is 0.363. The van der Waals surface area contributed by atoms with Crippen LogP contribution in [0.3, 0.4) is 0 Å². The molecule has 2 amide bonds. The number of hydrogen-bond acceptors (Lipinski definition) is 3. The number of hydrogen-bond donors (Lipinski definition) is 1. The minimum Gasteiger partial charge on any atom is -0.354 e. The summed E-state index contributed by atoms with van der Waals surface area (Å²) in [5, 5.41) is 2.99. The summed E-state index contributed by atoms with van der Waals surface area (Å²) < 4.78 is 14.6. The van der Waals surface area contributed by atoms with Crippen LogP contribution in [0.15, 0.2) is 84.9 Å². The lowest BCUT2D eigenvalue weighted by molar-refractivity contribution is -0.139. The van der Waals surface area contributed by atoms with E-state index in [1.165, 1.54) is 17.8 Å². The molecule has 1 atom stereocenters. The summed E-state index contributed by atoms with van der Waals surface area (Å²) in [5.41, 5.74) is 2.46. The Labute approximate surface area is 211 Å². The first-order valence-corrected chi connectivity index (χ1v) is 13.1. The molecule has 0 saturated heterocycles. The Morgan fingerprint density at radius 1 is 0.886 bits per heavy atom. The third-order valence-electron chi connectivity index (χ3n) is 5.59. The lowest BCUT2D eigenvalue weighted by Gasteiger charge is -2.32. The van der Waals surface area contributed by atoms with E-state index in [4.69, 9.17) is 0 Å². The summed E-state index contributed by atoms with van der Waals surface area (Å²) in [6, 6.07) is 25.2. The van der Waals surface area contributed by atoms with E-state index in [1.54, 1.807) is 23.1 Å². The molecule has 0 bridgehead atoms. The number of carbonyl (C=O) groups excluding carboxylic acids is 2. The first-order valence-electron chi connectivity index (χ1n) is 11.9. The van der Waals surface area contributed by atoms with Gasteiger partial charge in [0.2, 0.25) is 11.8 Å². The van der Waals surface area contributed by atoms with Crippen LogP contribution in [-0.4, -0.2) is 35.1 Å². The van der Waals surface area contributed by atoms with Crippen molar-refractivity contribution in [1.82, 2.24) is 10.2 Å². The number of carbonyl (C=O) groups is 2. The molecule has 0 aromatic heterocycles. The van der Waals surface area contributed by atoms with Gasteiger partial charge in [0.1, 0.15) is 11.9 Å². The summed E-state index contributed by atoms with van der Waals surface area (Å²) in [4.78, 5) is 28.4. The van der Waals surface area contributed by atoms with Crippen molar-refractivity contribution >= 4 is 23.6 Å². The molecule has 3 rings (SSSR count). The van der Waals surface area contributed by atoms with Crippen molar-refractivity contribution in [2.45, 2.75) is 38.6 Å². The lowest BCUT2D eigenvalue weighted by Crippen LogP contribution is -2.51. The Kier molecular flexibility index (Phi) is 10.4. The minimum atomic E-state index is -0.749. The van der Waals surface area contributed by atoms with Gasteiger partial charge < -0.3 is 10.2 Å². The minimum absolute atomic E-state index is 0.0317. The second-order valence-electron chi connectivity index (χ2n) is 8.94. The zero-order chi connectivity index (χ0) is 25.0. The number of halogens is 1.